The molecule has 0 aliphatic carbocycles. The molecule has 18 heavy (non-hydrogen) atoms. The largest absolute Gasteiger partial charge is 0.316 e. The summed E-state index contributed by atoms with van der Waals surface area (Å²) in [5.74, 6) is 0.0524. The highest BCUT2D eigenvalue weighted by Crippen LogP contribution is 2.18. The van der Waals surface area contributed by atoms with Crippen LogP contribution in [0.1, 0.15) is 19.8 Å². The molecular weight excluding hydrogens is 276 g/mol. The van der Waals surface area contributed by atoms with Crippen LogP contribution in [0.3, 0.4) is 0 Å². The van der Waals surface area contributed by atoms with Gasteiger partial charge in [0.05, 0.1) is 17.3 Å². The molecule has 0 bridgehead atoms. The number of hydrogen-bond donors (Lipinski definition) is 1. The Bertz CT molecular complexity index is 458. The smallest absolute Gasteiger partial charge is 0.215 e. The molecule has 6 nitrogen and oxygen atoms in total. The molecule has 8 heteroatoms. The maximum Gasteiger partial charge on any atom is 0.215 e. The summed E-state index contributed by atoms with van der Waals surface area (Å²) in [6, 6.07) is -0.397. The highest BCUT2D eigenvalue weighted by molar-refractivity contribution is 7.92. The molecule has 108 valence electrons. The zero-order chi connectivity index (χ0) is 13.8. The standard InChI is InChI=1S/C10H22N2O4S2/c1-3-5-11-6-8-18(15,16)12(2)10-4-7-17(13,14)9-10/h10-11H,3-9H2,1-2H3. The molecule has 0 saturated carbocycles. The van der Waals surface area contributed by atoms with Gasteiger partial charge in [-0.1, -0.05) is 6.92 Å². The van der Waals surface area contributed by atoms with E-state index in [1.165, 1.54) is 11.4 Å². The van der Waals surface area contributed by atoms with Crippen LogP contribution in [0.5, 0.6) is 0 Å². The summed E-state index contributed by atoms with van der Waals surface area (Å²) < 4.78 is 47.9. The molecule has 1 fully saturated rings. The first-order valence-corrected chi connectivity index (χ1v) is 9.58. The van der Waals surface area contributed by atoms with Gasteiger partial charge in [0, 0.05) is 19.6 Å². The van der Waals surface area contributed by atoms with Crippen molar-refractivity contribution in [1.82, 2.24) is 9.62 Å². The van der Waals surface area contributed by atoms with Gasteiger partial charge in [-0.15, -0.1) is 0 Å². The van der Waals surface area contributed by atoms with Crippen LogP contribution >= 0.6 is 0 Å². The molecule has 1 rings (SSSR count). The Morgan fingerprint density at radius 3 is 2.50 bits per heavy atom. The van der Waals surface area contributed by atoms with Crippen LogP contribution in [0.25, 0.3) is 0 Å². The van der Waals surface area contributed by atoms with Crippen molar-refractivity contribution >= 4 is 19.9 Å². The summed E-state index contributed by atoms with van der Waals surface area (Å²) in [4.78, 5) is 0. The minimum Gasteiger partial charge on any atom is -0.316 e. The van der Waals surface area contributed by atoms with Crippen LogP contribution in [0.4, 0.5) is 0 Å². The van der Waals surface area contributed by atoms with E-state index in [1.54, 1.807) is 0 Å². The van der Waals surface area contributed by atoms with Crippen molar-refractivity contribution in [3.63, 3.8) is 0 Å². The van der Waals surface area contributed by atoms with E-state index in [4.69, 9.17) is 0 Å². The maximum absolute atomic E-state index is 12.0. The molecule has 0 radical (unpaired) electrons. The molecule has 1 aliphatic rings. The van der Waals surface area contributed by atoms with Crippen LogP contribution in [0.15, 0.2) is 0 Å². The Kier molecular flexibility index (Phi) is 5.57. The van der Waals surface area contributed by atoms with E-state index in [0.717, 1.165) is 13.0 Å². The molecule has 1 saturated heterocycles. The lowest BCUT2D eigenvalue weighted by atomic mass is 10.3. The Hall–Kier alpha value is -0.180. The Morgan fingerprint density at radius 2 is 2.00 bits per heavy atom. The van der Waals surface area contributed by atoms with Crippen molar-refractivity contribution in [3.05, 3.63) is 0 Å². The van der Waals surface area contributed by atoms with Crippen molar-refractivity contribution in [2.24, 2.45) is 0 Å². The van der Waals surface area contributed by atoms with Crippen molar-refractivity contribution in [2.75, 3.05) is 37.4 Å². The van der Waals surface area contributed by atoms with Crippen molar-refractivity contribution in [2.45, 2.75) is 25.8 Å². The van der Waals surface area contributed by atoms with E-state index < -0.39 is 25.9 Å². The molecule has 0 aromatic rings. The van der Waals surface area contributed by atoms with Gasteiger partial charge < -0.3 is 5.32 Å². The lowest BCUT2D eigenvalue weighted by molar-refractivity contribution is 0.393. The fraction of sp³-hybridized carbons (Fsp3) is 1.00. The minimum absolute atomic E-state index is 0.0139. The van der Waals surface area contributed by atoms with Crippen LogP contribution in [0, 0.1) is 0 Å². The SMILES string of the molecule is CCCNCCS(=O)(=O)N(C)C1CCS(=O)(=O)C1. The van der Waals surface area contributed by atoms with E-state index in [1.807, 2.05) is 6.92 Å². The topological polar surface area (TPSA) is 83.6 Å². The van der Waals surface area contributed by atoms with Gasteiger partial charge in [0.15, 0.2) is 9.84 Å². The number of nitrogens with zero attached hydrogens (tertiary/aromatic N) is 1. The first-order valence-electron chi connectivity index (χ1n) is 6.15. The fourth-order valence-corrected chi connectivity index (χ4v) is 5.13. The lowest BCUT2D eigenvalue weighted by Gasteiger charge is -2.22. The van der Waals surface area contributed by atoms with Gasteiger partial charge in [0.25, 0.3) is 0 Å². The summed E-state index contributed by atoms with van der Waals surface area (Å²) in [5.41, 5.74) is 0. The first kappa shape index (κ1) is 15.9. The Balaban J connectivity index is 2.52. The van der Waals surface area contributed by atoms with Crippen LogP contribution in [-0.4, -0.2) is 64.6 Å². The maximum atomic E-state index is 12.0. The minimum atomic E-state index is -3.37. The summed E-state index contributed by atoms with van der Waals surface area (Å²) in [7, 11) is -4.95. The highest BCUT2D eigenvalue weighted by atomic mass is 32.2. The third kappa shape index (κ3) is 4.49. The molecule has 0 amide bonds. The average Bonchev–Trinajstić information content (AvgIpc) is 2.64. The molecule has 1 heterocycles. The summed E-state index contributed by atoms with van der Waals surface area (Å²) in [5, 5.41) is 3.03. The van der Waals surface area contributed by atoms with Crippen LogP contribution < -0.4 is 5.32 Å². The zero-order valence-corrected chi connectivity index (χ0v) is 12.6. The second-order valence-electron chi connectivity index (χ2n) is 4.64. The van der Waals surface area contributed by atoms with Gasteiger partial charge in [-0.2, -0.15) is 0 Å². The number of nitrogens with one attached hydrogen (secondary N) is 1. The number of sulfone groups is 1. The van der Waals surface area contributed by atoms with E-state index in [9.17, 15) is 16.8 Å². The van der Waals surface area contributed by atoms with Crippen LogP contribution in [-0.2, 0) is 19.9 Å². The number of sulfonamides is 1. The molecular formula is C10H22N2O4S2. The predicted molar refractivity (Wildman–Crippen MR) is 71.8 cm³/mol. The normalized spacial score (nSPS) is 23.6. The number of hydrogen-bond acceptors (Lipinski definition) is 5. The van der Waals surface area contributed by atoms with Crippen LogP contribution in [0.2, 0.25) is 0 Å². The van der Waals surface area contributed by atoms with E-state index in [2.05, 4.69) is 5.32 Å². The van der Waals surface area contributed by atoms with E-state index >= 15 is 0 Å². The monoisotopic (exact) mass is 298 g/mol. The quantitative estimate of drug-likeness (QED) is 0.637. The fourth-order valence-electron chi connectivity index (χ4n) is 1.94. The summed E-state index contributed by atoms with van der Waals surface area (Å²) in [6.07, 6.45) is 1.36. The molecule has 0 aromatic carbocycles. The molecule has 1 unspecified atom stereocenters. The molecule has 1 atom stereocenters. The molecule has 0 aromatic heterocycles. The van der Waals surface area contributed by atoms with Gasteiger partial charge >= 0.3 is 0 Å². The lowest BCUT2D eigenvalue weighted by Crippen LogP contribution is -2.41. The first-order chi connectivity index (χ1) is 8.28. The van der Waals surface area contributed by atoms with Gasteiger partial charge in [0.2, 0.25) is 10.0 Å². The molecule has 1 aliphatic heterocycles. The van der Waals surface area contributed by atoms with Gasteiger partial charge in [-0.25, -0.2) is 21.1 Å². The Morgan fingerprint density at radius 1 is 1.33 bits per heavy atom. The Labute approximate surface area is 110 Å². The molecule has 0 spiro atoms. The second kappa shape index (κ2) is 6.31. The third-order valence-electron chi connectivity index (χ3n) is 3.12. The predicted octanol–water partition coefficient (Wildman–Crippen LogP) is -0.565. The summed E-state index contributed by atoms with van der Waals surface area (Å²) >= 11 is 0. The van der Waals surface area contributed by atoms with Crippen molar-refractivity contribution in [3.8, 4) is 0 Å². The molecule has 1 N–H and O–H groups in total. The van der Waals surface area contributed by atoms with Gasteiger partial charge in [-0.05, 0) is 19.4 Å². The highest BCUT2D eigenvalue weighted by Gasteiger charge is 2.35. The van der Waals surface area contributed by atoms with Crippen molar-refractivity contribution < 1.29 is 16.8 Å². The van der Waals surface area contributed by atoms with E-state index in [-0.39, 0.29) is 17.3 Å². The number of rotatable bonds is 7. The third-order valence-corrected chi connectivity index (χ3v) is 6.77. The summed E-state index contributed by atoms with van der Waals surface area (Å²) in [6.45, 7) is 3.20. The second-order valence-corrected chi connectivity index (χ2v) is 9.02. The zero-order valence-electron chi connectivity index (χ0n) is 10.9. The van der Waals surface area contributed by atoms with Gasteiger partial charge in [-0.3, -0.25) is 0 Å². The van der Waals surface area contributed by atoms with E-state index in [0.29, 0.717) is 13.0 Å². The van der Waals surface area contributed by atoms with Gasteiger partial charge in [0.1, 0.15) is 0 Å². The van der Waals surface area contributed by atoms with Crippen molar-refractivity contribution in [1.29, 1.82) is 0 Å². The average molecular weight is 298 g/mol.